The summed E-state index contributed by atoms with van der Waals surface area (Å²) in [6.45, 7) is 7.55. The molecule has 0 saturated heterocycles. The molecule has 0 aliphatic carbocycles. The number of hydrogen-bond donors (Lipinski definition) is 1. The van der Waals surface area contributed by atoms with E-state index in [4.69, 9.17) is 0 Å². The van der Waals surface area contributed by atoms with Crippen LogP contribution in [0.15, 0.2) is 36.9 Å². The lowest BCUT2D eigenvalue weighted by atomic mass is 10.1. The molecule has 0 aliphatic rings. The van der Waals surface area contributed by atoms with E-state index < -0.39 is 0 Å². The fourth-order valence-corrected chi connectivity index (χ4v) is 1.14. The van der Waals surface area contributed by atoms with Gasteiger partial charge in [-0.05, 0) is 12.5 Å². The summed E-state index contributed by atoms with van der Waals surface area (Å²) in [6, 6.07) is 8.51. The molecule has 0 atom stereocenters. The van der Waals surface area contributed by atoms with Gasteiger partial charge in [-0.1, -0.05) is 35.9 Å². The van der Waals surface area contributed by atoms with Crippen LogP contribution in [0.5, 0.6) is 0 Å². The summed E-state index contributed by atoms with van der Waals surface area (Å²) in [5.74, 6) is 0. The van der Waals surface area contributed by atoms with Crippen molar-refractivity contribution in [2.45, 2.75) is 13.5 Å². The van der Waals surface area contributed by atoms with E-state index in [1.54, 1.807) is 0 Å². The van der Waals surface area contributed by atoms with E-state index in [0.29, 0.717) is 0 Å². The van der Waals surface area contributed by atoms with Gasteiger partial charge >= 0.3 is 0 Å². The van der Waals surface area contributed by atoms with Crippen LogP contribution in [0.25, 0.3) is 0 Å². The van der Waals surface area contributed by atoms with Gasteiger partial charge in [-0.3, -0.25) is 0 Å². The van der Waals surface area contributed by atoms with Gasteiger partial charge in [-0.2, -0.15) is 0 Å². The fraction of sp³-hybridized carbons (Fsp3) is 0.273. The Morgan fingerprint density at radius 3 is 2.85 bits per heavy atom. The Bertz CT molecular complexity index is 258. The van der Waals surface area contributed by atoms with Crippen LogP contribution in [0, 0.1) is 6.92 Å². The molecule has 0 saturated carbocycles. The highest BCUT2D eigenvalue weighted by molar-refractivity contribution is 5.85. The van der Waals surface area contributed by atoms with Crippen molar-refractivity contribution in [3.05, 3.63) is 48.0 Å². The second kappa shape index (κ2) is 6.70. The third-order valence-corrected chi connectivity index (χ3v) is 1.70. The maximum absolute atomic E-state index is 3.65. The van der Waals surface area contributed by atoms with Crippen molar-refractivity contribution >= 4 is 12.4 Å². The lowest BCUT2D eigenvalue weighted by Gasteiger charge is -2.02. The van der Waals surface area contributed by atoms with Gasteiger partial charge in [-0.25, -0.2) is 0 Å². The number of halogens is 1. The van der Waals surface area contributed by atoms with Crippen LogP contribution < -0.4 is 5.32 Å². The Morgan fingerprint density at radius 2 is 2.23 bits per heavy atom. The largest absolute Gasteiger partial charge is 0.309 e. The van der Waals surface area contributed by atoms with Crippen LogP contribution in [-0.2, 0) is 6.54 Å². The highest BCUT2D eigenvalue weighted by Crippen LogP contribution is 2.02. The van der Waals surface area contributed by atoms with E-state index in [9.17, 15) is 0 Å². The minimum atomic E-state index is 0. The molecule has 2 heteroatoms. The van der Waals surface area contributed by atoms with Crippen molar-refractivity contribution in [1.29, 1.82) is 0 Å². The second-order valence-corrected chi connectivity index (χ2v) is 2.91. The summed E-state index contributed by atoms with van der Waals surface area (Å²) in [4.78, 5) is 0. The van der Waals surface area contributed by atoms with Gasteiger partial charge in [0.25, 0.3) is 0 Å². The maximum atomic E-state index is 3.65. The van der Waals surface area contributed by atoms with E-state index in [-0.39, 0.29) is 12.4 Å². The Balaban J connectivity index is 0.00000144. The van der Waals surface area contributed by atoms with Crippen LogP contribution in [-0.4, -0.2) is 6.54 Å². The van der Waals surface area contributed by atoms with Gasteiger partial charge in [0.1, 0.15) is 0 Å². The number of benzene rings is 1. The summed E-state index contributed by atoms with van der Waals surface area (Å²) in [6.07, 6.45) is 1.87. The van der Waals surface area contributed by atoms with Gasteiger partial charge in [-0.15, -0.1) is 19.0 Å². The Labute approximate surface area is 86.3 Å². The molecule has 1 N–H and O–H groups in total. The van der Waals surface area contributed by atoms with E-state index >= 15 is 0 Å². The zero-order chi connectivity index (χ0) is 8.81. The zero-order valence-corrected chi connectivity index (χ0v) is 8.73. The molecule has 0 bridgehead atoms. The second-order valence-electron chi connectivity index (χ2n) is 2.91. The van der Waals surface area contributed by atoms with Crippen LogP contribution >= 0.6 is 12.4 Å². The Morgan fingerprint density at radius 1 is 1.46 bits per heavy atom. The number of rotatable bonds is 4. The Hall–Kier alpha value is -0.790. The minimum absolute atomic E-state index is 0. The van der Waals surface area contributed by atoms with Crippen LogP contribution in [0.2, 0.25) is 0 Å². The predicted octanol–water partition coefficient (Wildman–Crippen LogP) is 2.69. The SMILES string of the molecule is C=CCNCc1cccc(C)c1.Cl. The van der Waals surface area contributed by atoms with Gasteiger partial charge < -0.3 is 5.32 Å². The first-order chi connectivity index (χ1) is 5.83. The van der Waals surface area contributed by atoms with Crippen molar-refractivity contribution in [2.24, 2.45) is 0 Å². The van der Waals surface area contributed by atoms with Crippen molar-refractivity contribution in [2.75, 3.05) is 6.54 Å². The van der Waals surface area contributed by atoms with E-state index in [2.05, 4.69) is 43.1 Å². The van der Waals surface area contributed by atoms with E-state index in [1.807, 2.05) is 6.08 Å². The zero-order valence-electron chi connectivity index (χ0n) is 7.92. The topological polar surface area (TPSA) is 12.0 Å². The first-order valence-electron chi connectivity index (χ1n) is 4.20. The molecule has 0 unspecified atom stereocenters. The third kappa shape index (κ3) is 4.71. The van der Waals surface area contributed by atoms with Gasteiger partial charge in [0.05, 0.1) is 0 Å². The van der Waals surface area contributed by atoms with Gasteiger partial charge in [0.15, 0.2) is 0 Å². The highest BCUT2D eigenvalue weighted by Gasteiger charge is 1.90. The first kappa shape index (κ1) is 12.2. The molecule has 0 aromatic heterocycles. The highest BCUT2D eigenvalue weighted by atomic mass is 35.5. The molecule has 72 valence electrons. The molecule has 1 nitrogen and oxygen atoms in total. The molecule has 0 amide bonds. The average molecular weight is 198 g/mol. The summed E-state index contributed by atoms with van der Waals surface area (Å²) >= 11 is 0. The quantitative estimate of drug-likeness (QED) is 0.578. The Kier molecular flexibility index (Phi) is 6.29. The molecule has 1 rings (SSSR count). The van der Waals surface area contributed by atoms with Crippen LogP contribution in [0.1, 0.15) is 11.1 Å². The third-order valence-electron chi connectivity index (χ3n) is 1.70. The molecule has 0 heterocycles. The van der Waals surface area contributed by atoms with Crippen LogP contribution in [0.4, 0.5) is 0 Å². The van der Waals surface area contributed by atoms with Crippen molar-refractivity contribution < 1.29 is 0 Å². The monoisotopic (exact) mass is 197 g/mol. The van der Waals surface area contributed by atoms with Gasteiger partial charge in [0, 0.05) is 13.1 Å². The molecule has 0 aliphatic heterocycles. The number of nitrogens with one attached hydrogen (secondary N) is 1. The normalized spacial score (nSPS) is 9.00. The number of aryl methyl sites for hydroxylation is 1. The molecule has 1 aromatic carbocycles. The van der Waals surface area contributed by atoms with Crippen molar-refractivity contribution in [1.82, 2.24) is 5.32 Å². The fourth-order valence-electron chi connectivity index (χ4n) is 1.14. The summed E-state index contributed by atoms with van der Waals surface area (Å²) < 4.78 is 0. The van der Waals surface area contributed by atoms with Gasteiger partial charge in [0.2, 0.25) is 0 Å². The smallest absolute Gasteiger partial charge is 0.0208 e. The minimum Gasteiger partial charge on any atom is -0.309 e. The van der Waals surface area contributed by atoms with E-state index in [0.717, 1.165) is 13.1 Å². The van der Waals surface area contributed by atoms with E-state index in [1.165, 1.54) is 11.1 Å². The van der Waals surface area contributed by atoms with Crippen molar-refractivity contribution in [3.63, 3.8) is 0 Å². The summed E-state index contributed by atoms with van der Waals surface area (Å²) in [5.41, 5.74) is 2.64. The first-order valence-corrected chi connectivity index (χ1v) is 4.20. The van der Waals surface area contributed by atoms with Crippen LogP contribution in [0.3, 0.4) is 0 Å². The summed E-state index contributed by atoms with van der Waals surface area (Å²) in [7, 11) is 0. The average Bonchev–Trinajstić information content (AvgIpc) is 2.05. The molecule has 0 radical (unpaired) electrons. The molecular weight excluding hydrogens is 182 g/mol. The standard InChI is InChI=1S/C11H15N.ClH/c1-3-7-12-9-11-6-4-5-10(2)8-11;/h3-6,8,12H,1,7,9H2,2H3;1H. The predicted molar refractivity (Wildman–Crippen MR) is 60.3 cm³/mol. The maximum Gasteiger partial charge on any atom is 0.0208 e. The molecular formula is C11H16ClN. The number of hydrogen-bond acceptors (Lipinski definition) is 1. The lowest BCUT2D eigenvalue weighted by molar-refractivity contribution is 0.760. The molecule has 1 aromatic rings. The van der Waals surface area contributed by atoms with Crippen molar-refractivity contribution in [3.8, 4) is 0 Å². The summed E-state index contributed by atoms with van der Waals surface area (Å²) in [5, 5.41) is 3.26. The molecule has 0 fully saturated rings. The lowest BCUT2D eigenvalue weighted by Crippen LogP contribution is -2.12. The molecule has 0 spiro atoms. The molecule has 13 heavy (non-hydrogen) atoms.